The topological polar surface area (TPSA) is 66.0 Å². The molecule has 1 heterocycles. The Balaban J connectivity index is 2.37. The Morgan fingerprint density at radius 2 is 2.05 bits per heavy atom. The molecule has 0 bridgehead atoms. The molecule has 0 aliphatic rings. The van der Waals surface area contributed by atoms with Crippen molar-refractivity contribution in [2.75, 3.05) is 7.11 Å². The zero-order chi connectivity index (χ0) is 15.4. The minimum atomic E-state index is 0.00208. The minimum Gasteiger partial charge on any atom is -0.496 e. The molecule has 0 aliphatic carbocycles. The molecule has 0 fully saturated rings. The molecule has 0 radical (unpaired) electrons. The van der Waals surface area contributed by atoms with Gasteiger partial charge in [-0.2, -0.15) is 5.10 Å². The van der Waals surface area contributed by atoms with Gasteiger partial charge in [-0.05, 0) is 24.6 Å². The number of aryl methyl sites for hydroxylation is 2. The Labute approximate surface area is 126 Å². The summed E-state index contributed by atoms with van der Waals surface area (Å²) in [5.41, 5.74) is 8.15. The predicted molar refractivity (Wildman–Crippen MR) is 83.5 cm³/mol. The number of hydrogen-bond acceptors (Lipinski definition) is 4. The number of benzene rings is 1. The van der Waals surface area contributed by atoms with E-state index in [1.54, 1.807) is 7.11 Å². The van der Waals surface area contributed by atoms with Crippen molar-refractivity contribution in [2.45, 2.75) is 46.2 Å². The highest BCUT2D eigenvalue weighted by Gasteiger charge is 2.12. The smallest absolute Gasteiger partial charge is 0.150 e. The highest BCUT2D eigenvalue weighted by molar-refractivity contribution is 5.38. The van der Waals surface area contributed by atoms with Crippen LogP contribution >= 0.6 is 0 Å². The van der Waals surface area contributed by atoms with Gasteiger partial charge in [0, 0.05) is 24.4 Å². The van der Waals surface area contributed by atoms with Crippen molar-refractivity contribution >= 4 is 0 Å². The molecule has 2 rings (SSSR count). The molecule has 5 heteroatoms. The third kappa shape index (κ3) is 3.42. The summed E-state index contributed by atoms with van der Waals surface area (Å²) in [5.74, 6) is 2.74. The van der Waals surface area contributed by atoms with Crippen molar-refractivity contribution in [3.05, 3.63) is 41.0 Å². The van der Waals surface area contributed by atoms with Crippen LogP contribution in [0, 0.1) is 0 Å². The van der Waals surface area contributed by atoms with E-state index in [4.69, 9.17) is 10.5 Å². The van der Waals surface area contributed by atoms with E-state index in [2.05, 4.69) is 30.0 Å². The lowest BCUT2D eigenvalue weighted by Gasteiger charge is -2.13. The van der Waals surface area contributed by atoms with Gasteiger partial charge in [0.1, 0.15) is 11.6 Å². The Hall–Kier alpha value is -1.88. The molecule has 2 aromatic rings. The number of nitrogens with zero attached hydrogens (tertiary/aromatic N) is 3. The molecule has 1 aromatic heterocycles. The van der Waals surface area contributed by atoms with Crippen LogP contribution in [0.25, 0.3) is 0 Å². The van der Waals surface area contributed by atoms with Crippen molar-refractivity contribution in [3.8, 4) is 5.75 Å². The van der Waals surface area contributed by atoms with Crippen molar-refractivity contribution in [1.29, 1.82) is 0 Å². The number of ether oxygens (including phenoxy) is 1. The van der Waals surface area contributed by atoms with Gasteiger partial charge in [0.25, 0.3) is 0 Å². The van der Waals surface area contributed by atoms with Crippen LogP contribution < -0.4 is 10.5 Å². The van der Waals surface area contributed by atoms with Gasteiger partial charge in [0.05, 0.1) is 13.7 Å². The molecule has 114 valence electrons. The van der Waals surface area contributed by atoms with Gasteiger partial charge >= 0.3 is 0 Å². The third-order valence-corrected chi connectivity index (χ3v) is 3.58. The van der Waals surface area contributed by atoms with Crippen LogP contribution in [0.3, 0.4) is 0 Å². The average molecular weight is 288 g/mol. The Bertz CT molecular complexity index is 604. The van der Waals surface area contributed by atoms with Gasteiger partial charge in [-0.15, -0.1) is 0 Å². The minimum absolute atomic E-state index is 0.00208. The van der Waals surface area contributed by atoms with E-state index in [1.807, 2.05) is 23.7 Å². The first-order chi connectivity index (χ1) is 10.1. The summed E-state index contributed by atoms with van der Waals surface area (Å²) in [6.07, 6.45) is 1.71. The van der Waals surface area contributed by atoms with Crippen LogP contribution in [0.4, 0.5) is 0 Å². The lowest BCUT2D eigenvalue weighted by atomic mass is 10.0. The summed E-state index contributed by atoms with van der Waals surface area (Å²) in [6, 6.07) is 6.07. The molecule has 1 aromatic carbocycles. The number of methoxy groups -OCH3 is 1. The quantitative estimate of drug-likeness (QED) is 0.887. The Morgan fingerprint density at radius 1 is 1.29 bits per heavy atom. The number of aromatic nitrogens is 3. The molecule has 0 saturated heterocycles. The molecule has 0 aliphatic heterocycles. The molecule has 0 saturated carbocycles. The lowest BCUT2D eigenvalue weighted by Crippen LogP contribution is -2.10. The van der Waals surface area contributed by atoms with E-state index in [9.17, 15) is 0 Å². The third-order valence-electron chi connectivity index (χ3n) is 3.58. The predicted octanol–water partition coefficient (Wildman–Crippen LogP) is 2.48. The maximum absolute atomic E-state index is 5.97. The van der Waals surface area contributed by atoms with Crippen LogP contribution in [0.1, 0.15) is 49.6 Å². The fourth-order valence-corrected chi connectivity index (χ4v) is 2.33. The maximum atomic E-state index is 5.97. The maximum Gasteiger partial charge on any atom is 0.150 e. The summed E-state index contributed by atoms with van der Waals surface area (Å²) in [7, 11) is 1.68. The highest BCUT2D eigenvalue weighted by Crippen LogP contribution is 2.23. The van der Waals surface area contributed by atoms with E-state index >= 15 is 0 Å². The molecule has 1 atom stereocenters. The molecule has 0 amide bonds. The summed E-state index contributed by atoms with van der Waals surface area (Å²) in [4.78, 5) is 4.54. The fraction of sp³-hybridized carbons (Fsp3) is 0.500. The van der Waals surface area contributed by atoms with Crippen molar-refractivity contribution in [2.24, 2.45) is 5.73 Å². The molecule has 1 unspecified atom stereocenters. The number of hydrogen-bond donors (Lipinski definition) is 1. The van der Waals surface area contributed by atoms with Crippen molar-refractivity contribution in [1.82, 2.24) is 14.8 Å². The van der Waals surface area contributed by atoms with Crippen LogP contribution in [0.15, 0.2) is 18.2 Å². The van der Waals surface area contributed by atoms with E-state index in [-0.39, 0.29) is 6.04 Å². The van der Waals surface area contributed by atoms with Gasteiger partial charge in [-0.3, -0.25) is 0 Å². The average Bonchev–Trinajstić information content (AvgIpc) is 2.89. The van der Waals surface area contributed by atoms with Gasteiger partial charge < -0.3 is 10.5 Å². The second-order valence-electron chi connectivity index (χ2n) is 5.17. The second kappa shape index (κ2) is 6.72. The monoisotopic (exact) mass is 288 g/mol. The zero-order valence-corrected chi connectivity index (χ0v) is 13.3. The van der Waals surface area contributed by atoms with Gasteiger partial charge in [0.15, 0.2) is 5.82 Å². The van der Waals surface area contributed by atoms with Crippen LogP contribution in [0.5, 0.6) is 5.75 Å². The van der Waals surface area contributed by atoms with Gasteiger partial charge in [-0.1, -0.05) is 19.9 Å². The number of nitrogens with two attached hydrogens (primary N) is 1. The van der Waals surface area contributed by atoms with E-state index in [0.717, 1.165) is 41.4 Å². The number of rotatable bonds is 6. The lowest BCUT2D eigenvalue weighted by molar-refractivity contribution is 0.406. The highest BCUT2D eigenvalue weighted by atomic mass is 16.5. The fourth-order valence-electron chi connectivity index (χ4n) is 2.33. The van der Waals surface area contributed by atoms with Crippen LogP contribution in [0.2, 0.25) is 0 Å². The molecule has 2 N–H and O–H groups in total. The second-order valence-corrected chi connectivity index (χ2v) is 5.17. The van der Waals surface area contributed by atoms with E-state index < -0.39 is 0 Å². The normalized spacial score (nSPS) is 12.4. The van der Waals surface area contributed by atoms with Crippen LogP contribution in [-0.4, -0.2) is 21.9 Å². The van der Waals surface area contributed by atoms with Crippen molar-refractivity contribution < 1.29 is 4.74 Å². The molecular formula is C16H24N4O. The summed E-state index contributed by atoms with van der Waals surface area (Å²) in [6.45, 7) is 6.79. The Morgan fingerprint density at radius 3 is 2.62 bits per heavy atom. The Kier molecular flexibility index (Phi) is 4.96. The summed E-state index contributed by atoms with van der Waals surface area (Å²) < 4.78 is 7.42. The first-order valence-corrected chi connectivity index (χ1v) is 7.44. The van der Waals surface area contributed by atoms with Crippen molar-refractivity contribution in [3.63, 3.8) is 0 Å². The largest absolute Gasteiger partial charge is 0.496 e. The standard InChI is InChI=1S/C16H24N4O/c1-5-15-18-16(6-2)20(19-15)10-13-9-12(11(3)17)7-8-14(13)21-4/h7-9,11H,5-6,10,17H2,1-4H3. The van der Waals surface area contributed by atoms with Crippen LogP contribution in [-0.2, 0) is 19.4 Å². The molecule has 0 spiro atoms. The molecular weight excluding hydrogens is 264 g/mol. The van der Waals surface area contributed by atoms with Gasteiger partial charge in [-0.25, -0.2) is 9.67 Å². The molecule has 5 nitrogen and oxygen atoms in total. The SMILES string of the molecule is CCc1nc(CC)n(Cc2cc(C(C)N)ccc2OC)n1. The first-order valence-electron chi connectivity index (χ1n) is 7.44. The van der Waals surface area contributed by atoms with Gasteiger partial charge in [0.2, 0.25) is 0 Å². The van der Waals surface area contributed by atoms with E-state index in [0.29, 0.717) is 6.54 Å². The molecule has 21 heavy (non-hydrogen) atoms. The summed E-state index contributed by atoms with van der Waals surface area (Å²) in [5, 5.41) is 4.56. The van der Waals surface area contributed by atoms with E-state index in [1.165, 1.54) is 0 Å². The zero-order valence-electron chi connectivity index (χ0n) is 13.3. The first kappa shape index (κ1) is 15.5. The summed E-state index contributed by atoms with van der Waals surface area (Å²) >= 11 is 0.